The van der Waals surface area contributed by atoms with Crippen LogP contribution in [0.3, 0.4) is 0 Å². The van der Waals surface area contributed by atoms with Crippen LogP contribution in [0.2, 0.25) is 5.02 Å². The number of aryl methyl sites for hydroxylation is 1. The van der Waals surface area contributed by atoms with Gasteiger partial charge in [0.05, 0.1) is 0 Å². The summed E-state index contributed by atoms with van der Waals surface area (Å²) in [6.45, 7) is 8.35. The molecule has 1 N–H and O–H groups in total. The molecule has 0 aromatic heterocycles. The summed E-state index contributed by atoms with van der Waals surface area (Å²) in [5.74, 6) is 0.431. The number of hydrogen-bond acceptors (Lipinski definition) is 3. The van der Waals surface area contributed by atoms with Crippen LogP contribution in [-0.2, 0) is 16.1 Å². The number of halogens is 2. The van der Waals surface area contributed by atoms with Gasteiger partial charge in [-0.2, -0.15) is 0 Å². The highest BCUT2D eigenvalue weighted by molar-refractivity contribution is 9.10. The van der Waals surface area contributed by atoms with Crippen molar-refractivity contribution < 1.29 is 14.3 Å². The Hall–Kier alpha value is -2.05. The smallest absolute Gasteiger partial charge is 0.261 e. The molecule has 2 amide bonds. The minimum absolute atomic E-state index is 0.170. The van der Waals surface area contributed by atoms with Crippen molar-refractivity contribution in [3.63, 3.8) is 0 Å². The predicted molar refractivity (Wildman–Crippen MR) is 124 cm³/mol. The van der Waals surface area contributed by atoms with Gasteiger partial charge in [-0.1, -0.05) is 53.5 Å². The first-order valence-corrected chi connectivity index (χ1v) is 11.0. The normalized spacial score (nSPS) is 11.8. The molecule has 0 saturated carbocycles. The third kappa shape index (κ3) is 7.33. The molecule has 0 spiro atoms. The number of amides is 2. The van der Waals surface area contributed by atoms with E-state index in [1.165, 1.54) is 0 Å². The fraction of sp³-hybridized carbons (Fsp3) is 0.391. The highest BCUT2D eigenvalue weighted by Gasteiger charge is 2.26. The van der Waals surface area contributed by atoms with Crippen molar-refractivity contribution in [2.75, 3.05) is 13.2 Å². The van der Waals surface area contributed by atoms with E-state index in [-0.39, 0.29) is 18.4 Å². The Labute approximate surface area is 191 Å². The molecular formula is C23H28BrClN2O3. The molecule has 0 bridgehead atoms. The number of hydrogen-bond donors (Lipinski definition) is 1. The van der Waals surface area contributed by atoms with Crippen LogP contribution in [0.5, 0.6) is 5.75 Å². The largest absolute Gasteiger partial charge is 0.484 e. The average molecular weight is 496 g/mol. The van der Waals surface area contributed by atoms with Gasteiger partial charge >= 0.3 is 0 Å². The van der Waals surface area contributed by atoms with Crippen molar-refractivity contribution >= 4 is 39.3 Å². The first-order chi connectivity index (χ1) is 14.2. The summed E-state index contributed by atoms with van der Waals surface area (Å²) in [5, 5.41) is 3.54. The number of carbonyl (C=O) groups excluding carboxylic acids is 2. The number of benzene rings is 2. The highest BCUT2D eigenvalue weighted by atomic mass is 79.9. The monoisotopic (exact) mass is 494 g/mol. The van der Waals surface area contributed by atoms with E-state index in [0.717, 1.165) is 15.6 Å². The second-order valence-corrected chi connectivity index (χ2v) is 8.99. The third-order valence-electron chi connectivity index (χ3n) is 4.59. The van der Waals surface area contributed by atoms with Gasteiger partial charge in [0.1, 0.15) is 11.8 Å². The molecule has 0 heterocycles. The van der Waals surface area contributed by atoms with Crippen molar-refractivity contribution in [1.29, 1.82) is 0 Å². The summed E-state index contributed by atoms with van der Waals surface area (Å²) < 4.78 is 6.60. The molecule has 30 heavy (non-hydrogen) atoms. The van der Waals surface area contributed by atoms with Gasteiger partial charge in [-0.15, -0.1) is 0 Å². The second kappa shape index (κ2) is 11.4. The summed E-state index contributed by atoms with van der Waals surface area (Å²) in [6, 6.07) is 12.3. The molecule has 0 aliphatic rings. The second-order valence-electron chi connectivity index (χ2n) is 7.67. The van der Waals surface area contributed by atoms with Crippen molar-refractivity contribution in [3.05, 3.63) is 63.1 Å². The molecule has 1 atom stereocenters. The lowest BCUT2D eigenvalue weighted by atomic mass is 10.1. The van der Waals surface area contributed by atoms with Crippen molar-refractivity contribution in [1.82, 2.24) is 10.2 Å². The van der Waals surface area contributed by atoms with E-state index < -0.39 is 6.04 Å². The van der Waals surface area contributed by atoms with Gasteiger partial charge in [-0.05, 0) is 61.2 Å². The van der Waals surface area contributed by atoms with Gasteiger partial charge in [0.25, 0.3) is 5.91 Å². The van der Waals surface area contributed by atoms with E-state index in [1.807, 2.05) is 45.0 Å². The van der Waals surface area contributed by atoms with Gasteiger partial charge in [0.2, 0.25) is 5.91 Å². The minimum atomic E-state index is -0.634. The van der Waals surface area contributed by atoms with Crippen LogP contribution in [0, 0.1) is 12.8 Å². The maximum absolute atomic E-state index is 13.0. The van der Waals surface area contributed by atoms with Gasteiger partial charge in [0, 0.05) is 22.6 Å². The molecule has 0 radical (unpaired) electrons. The molecule has 0 aliphatic heterocycles. The lowest BCUT2D eigenvalue weighted by Crippen LogP contribution is -2.49. The fourth-order valence-electron chi connectivity index (χ4n) is 2.80. The molecule has 5 nitrogen and oxygen atoms in total. The SMILES string of the molecule is Cc1cc(OCC(=O)N(Cc2cccc(Br)c2)C(C)C(=O)NCC(C)C)ccc1Cl. The first-order valence-electron chi connectivity index (χ1n) is 9.88. The molecule has 162 valence electrons. The van der Waals surface area contributed by atoms with Crippen LogP contribution in [0.15, 0.2) is 46.9 Å². The molecule has 0 saturated heterocycles. The molecule has 2 aromatic rings. The number of nitrogens with zero attached hydrogens (tertiary/aromatic N) is 1. The van der Waals surface area contributed by atoms with Gasteiger partial charge < -0.3 is 15.0 Å². The molecular weight excluding hydrogens is 468 g/mol. The van der Waals surface area contributed by atoms with Gasteiger partial charge in [-0.25, -0.2) is 0 Å². The van der Waals surface area contributed by atoms with E-state index in [2.05, 4.69) is 21.2 Å². The Morgan fingerprint density at radius 2 is 1.90 bits per heavy atom. The average Bonchev–Trinajstić information content (AvgIpc) is 2.70. The number of ether oxygens (including phenoxy) is 1. The molecule has 2 aromatic carbocycles. The highest BCUT2D eigenvalue weighted by Crippen LogP contribution is 2.21. The van der Waals surface area contributed by atoms with Crippen LogP contribution in [0.4, 0.5) is 0 Å². The van der Waals surface area contributed by atoms with Crippen LogP contribution < -0.4 is 10.1 Å². The Morgan fingerprint density at radius 3 is 2.53 bits per heavy atom. The molecule has 2 rings (SSSR count). The number of carbonyl (C=O) groups is 2. The maximum Gasteiger partial charge on any atom is 0.261 e. The Balaban J connectivity index is 2.14. The van der Waals surface area contributed by atoms with Crippen molar-refractivity contribution in [2.45, 2.75) is 40.3 Å². The van der Waals surface area contributed by atoms with Gasteiger partial charge in [0.15, 0.2) is 6.61 Å². The van der Waals surface area contributed by atoms with Crippen LogP contribution in [-0.4, -0.2) is 35.9 Å². The molecule has 0 fully saturated rings. The van der Waals surface area contributed by atoms with Crippen molar-refractivity contribution in [3.8, 4) is 5.75 Å². The zero-order valence-electron chi connectivity index (χ0n) is 17.7. The summed E-state index contributed by atoms with van der Waals surface area (Å²) in [4.78, 5) is 27.2. The van der Waals surface area contributed by atoms with E-state index in [1.54, 1.807) is 30.0 Å². The lowest BCUT2D eigenvalue weighted by molar-refractivity contribution is -0.142. The third-order valence-corrected chi connectivity index (χ3v) is 5.50. The summed E-state index contributed by atoms with van der Waals surface area (Å²) >= 11 is 9.50. The number of rotatable bonds is 9. The Morgan fingerprint density at radius 1 is 1.17 bits per heavy atom. The lowest BCUT2D eigenvalue weighted by Gasteiger charge is -2.29. The fourth-order valence-corrected chi connectivity index (χ4v) is 3.37. The van der Waals surface area contributed by atoms with E-state index >= 15 is 0 Å². The number of nitrogens with one attached hydrogen (secondary N) is 1. The standard InChI is InChI=1S/C23H28BrClN2O3/c1-15(2)12-26-23(29)17(4)27(13-18-6-5-7-19(24)11-18)22(28)14-30-20-8-9-21(25)16(3)10-20/h5-11,15,17H,12-14H2,1-4H3,(H,26,29). The minimum Gasteiger partial charge on any atom is -0.484 e. The van der Waals surface area contributed by atoms with Crippen molar-refractivity contribution in [2.24, 2.45) is 5.92 Å². The first kappa shape index (κ1) is 24.2. The van der Waals surface area contributed by atoms with E-state index in [9.17, 15) is 9.59 Å². The van der Waals surface area contributed by atoms with Crippen LogP contribution in [0.25, 0.3) is 0 Å². The van der Waals surface area contributed by atoms with E-state index in [0.29, 0.717) is 29.8 Å². The van der Waals surface area contributed by atoms with E-state index in [4.69, 9.17) is 16.3 Å². The maximum atomic E-state index is 13.0. The Bertz CT molecular complexity index is 889. The molecule has 7 heteroatoms. The summed E-state index contributed by atoms with van der Waals surface area (Å²) in [6.07, 6.45) is 0. The van der Waals surface area contributed by atoms with Crippen LogP contribution in [0.1, 0.15) is 31.9 Å². The quantitative estimate of drug-likeness (QED) is 0.534. The summed E-state index contributed by atoms with van der Waals surface area (Å²) in [5.41, 5.74) is 1.79. The molecule has 0 aliphatic carbocycles. The summed E-state index contributed by atoms with van der Waals surface area (Å²) in [7, 11) is 0. The molecule has 1 unspecified atom stereocenters. The predicted octanol–water partition coefficient (Wildman–Crippen LogP) is 4.98. The van der Waals surface area contributed by atoms with Crippen LogP contribution >= 0.6 is 27.5 Å². The topological polar surface area (TPSA) is 58.6 Å². The van der Waals surface area contributed by atoms with Gasteiger partial charge in [-0.3, -0.25) is 9.59 Å². The zero-order valence-corrected chi connectivity index (χ0v) is 20.1. The zero-order chi connectivity index (χ0) is 22.3. The Kier molecular flexibility index (Phi) is 9.18.